The number of halogens is 2. The maximum atomic E-state index is 13.5. The van der Waals surface area contributed by atoms with Crippen LogP contribution in [0.25, 0.3) is 0 Å². The standard InChI is InChI=1S/C27H25Cl2N3O4S/c1-35-23-12-3-17(15-24(23)36-2)13-14-31(27(37)30-20-8-4-18(28)5-9-20)22-16-25(33)32(26(22)34)21-10-6-19(29)7-11-21/h3-12,15,22H,13-14,16H2,1-2H3,(H,30,37). The molecule has 37 heavy (non-hydrogen) atoms. The van der Waals surface area contributed by atoms with Gasteiger partial charge in [0.25, 0.3) is 5.91 Å². The minimum atomic E-state index is -0.768. The first-order valence-electron chi connectivity index (χ1n) is 11.5. The molecular formula is C27H25Cl2N3O4S. The number of amides is 2. The van der Waals surface area contributed by atoms with Crippen LogP contribution in [0, 0.1) is 0 Å². The maximum absolute atomic E-state index is 13.5. The van der Waals surface area contributed by atoms with E-state index in [1.807, 2.05) is 18.2 Å². The maximum Gasteiger partial charge on any atom is 0.257 e. The number of nitrogens with one attached hydrogen (secondary N) is 1. The van der Waals surface area contributed by atoms with E-state index in [9.17, 15) is 9.59 Å². The topological polar surface area (TPSA) is 71.1 Å². The first-order chi connectivity index (χ1) is 17.8. The number of anilines is 2. The number of carbonyl (C=O) groups excluding carboxylic acids is 2. The molecule has 0 bridgehead atoms. The molecule has 3 aromatic rings. The molecule has 0 saturated carbocycles. The summed E-state index contributed by atoms with van der Waals surface area (Å²) < 4.78 is 10.7. The minimum Gasteiger partial charge on any atom is -0.493 e. The zero-order chi connectivity index (χ0) is 26.5. The van der Waals surface area contributed by atoms with Crippen molar-refractivity contribution in [1.82, 2.24) is 4.90 Å². The average molecular weight is 558 g/mol. The van der Waals surface area contributed by atoms with Crippen LogP contribution < -0.4 is 19.7 Å². The molecule has 1 aliphatic rings. The molecule has 192 valence electrons. The van der Waals surface area contributed by atoms with Crippen LogP contribution in [0.15, 0.2) is 66.7 Å². The molecule has 1 N–H and O–H groups in total. The van der Waals surface area contributed by atoms with Crippen LogP contribution in [0.3, 0.4) is 0 Å². The highest BCUT2D eigenvalue weighted by atomic mass is 35.5. The molecule has 2 amide bonds. The lowest BCUT2D eigenvalue weighted by Crippen LogP contribution is -2.48. The molecule has 4 rings (SSSR count). The van der Waals surface area contributed by atoms with Crippen LogP contribution in [-0.2, 0) is 16.0 Å². The highest BCUT2D eigenvalue weighted by Gasteiger charge is 2.43. The first-order valence-corrected chi connectivity index (χ1v) is 12.6. The summed E-state index contributed by atoms with van der Waals surface area (Å²) in [7, 11) is 3.16. The lowest BCUT2D eigenvalue weighted by molar-refractivity contribution is -0.122. The molecule has 0 aliphatic carbocycles. The number of ether oxygens (including phenoxy) is 2. The predicted molar refractivity (Wildman–Crippen MR) is 150 cm³/mol. The third-order valence-electron chi connectivity index (χ3n) is 6.03. The molecule has 0 radical (unpaired) electrons. The van der Waals surface area contributed by atoms with Crippen molar-refractivity contribution in [1.29, 1.82) is 0 Å². The Morgan fingerprint density at radius 3 is 2.22 bits per heavy atom. The summed E-state index contributed by atoms with van der Waals surface area (Å²) in [5, 5.41) is 4.61. The number of methoxy groups -OCH3 is 2. The molecule has 0 spiro atoms. The third-order valence-corrected chi connectivity index (χ3v) is 6.87. The van der Waals surface area contributed by atoms with Crippen LogP contribution in [0.2, 0.25) is 10.0 Å². The monoisotopic (exact) mass is 557 g/mol. The van der Waals surface area contributed by atoms with Crippen LogP contribution in [0.4, 0.5) is 11.4 Å². The Balaban J connectivity index is 1.59. The van der Waals surface area contributed by atoms with E-state index < -0.39 is 6.04 Å². The van der Waals surface area contributed by atoms with Gasteiger partial charge in [-0.05, 0) is 84.9 Å². The van der Waals surface area contributed by atoms with E-state index in [0.29, 0.717) is 45.3 Å². The number of nitrogens with zero attached hydrogens (tertiary/aromatic N) is 2. The lowest BCUT2D eigenvalue weighted by Gasteiger charge is -2.30. The van der Waals surface area contributed by atoms with E-state index >= 15 is 0 Å². The summed E-state index contributed by atoms with van der Waals surface area (Å²) in [6.07, 6.45) is 0.539. The van der Waals surface area contributed by atoms with Crippen molar-refractivity contribution in [3.8, 4) is 11.5 Å². The van der Waals surface area contributed by atoms with Gasteiger partial charge in [0.1, 0.15) is 6.04 Å². The fourth-order valence-corrected chi connectivity index (χ4v) is 4.72. The molecule has 10 heteroatoms. The van der Waals surface area contributed by atoms with Gasteiger partial charge < -0.3 is 19.7 Å². The van der Waals surface area contributed by atoms with Crippen LogP contribution in [-0.4, -0.2) is 48.6 Å². The van der Waals surface area contributed by atoms with E-state index in [1.165, 1.54) is 4.90 Å². The van der Waals surface area contributed by atoms with Gasteiger partial charge in [-0.2, -0.15) is 0 Å². The summed E-state index contributed by atoms with van der Waals surface area (Å²) in [5.41, 5.74) is 2.15. The van der Waals surface area contributed by atoms with E-state index in [2.05, 4.69) is 5.32 Å². The van der Waals surface area contributed by atoms with Crippen molar-refractivity contribution in [2.75, 3.05) is 31.0 Å². The number of thiocarbonyl (C=S) groups is 1. The van der Waals surface area contributed by atoms with Crippen molar-refractivity contribution in [2.24, 2.45) is 0 Å². The van der Waals surface area contributed by atoms with E-state index in [4.69, 9.17) is 44.9 Å². The quantitative estimate of drug-likeness (QED) is 0.286. The normalized spacial score (nSPS) is 15.0. The predicted octanol–water partition coefficient (Wildman–Crippen LogP) is 5.58. The molecule has 1 unspecified atom stereocenters. The Hall–Kier alpha value is -3.33. The van der Waals surface area contributed by atoms with Gasteiger partial charge in [-0.25, -0.2) is 4.90 Å². The van der Waals surface area contributed by atoms with Crippen molar-refractivity contribution in [3.63, 3.8) is 0 Å². The second-order valence-corrected chi connectivity index (χ2v) is 9.59. The largest absolute Gasteiger partial charge is 0.493 e. The Labute approximate surface area is 230 Å². The summed E-state index contributed by atoms with van der Waals surface area (Å²) in [6, 6.07) is 18.5. The number of carbonyl (C=O) groups is 2. The SMILES string of the molecule is COc1ccc(CCN(C(=S)Nc2ccc(Cl)cc2)C2CC(=O)N(c3ccc(Cl)cc3)C2=O)cc1OC. The molecule has 1 heterocycles. The van der Waals surface area contributed by atoms with E-state index in [1.54, 1.807) is 67.7 Å². The Kier molecular flexibility index (Phi) is 8.53. The van der Waals surface area contributed by atoms with Gasteiger partial charge in [0, 0.05) is 22.3 Å². The molecule has 3 aromatic carbocycles. The fraction of sp³-hybridized carbons (Fsp3) is 0.222. The summed E-state index contributed by atoms with van der Waals surface area (Å²) in [5.74, 6) is 0.579. The van der Waals surface area contributed by atoms with Gasteiger partial charge in [-0.15, -0.1) is 0 Å². The Morgan fingerprint density at radius 2 is 1.59 bits per heavy atom. The van der Waals surface area contributed by atoms with E-state index in [0.717, 1.165) is 11.3 Å². The number of rotatable bonds is 8. The van der Waals surface area contributed by atoms with E-state index in [-0.39, 0.29) is 18.2 Å². The Bertz CT molecular complexity index is 1300. The fourth-order valence-electron chi connectivity index (χ4n) is 4.13. The third kappa shape index (κ3) is 6.15. The second kappa shape index (κ2) is 11.8. The van der Waals surface area contributed by atoms with Crippen LogP contribution in [0.5, 0.6) is 11.5 Å². The molecular weight excluding hydrogens is 533 g/mol. The molecule has 1 saturated heterocycles. The second-order valence-electron chi connectivity index (χ2n) is 8.33. The molecule has 0 aromatic heterocycles. The van der Waals surface area contributed by atoms with Gasteiger partial charge >= 0.3 is 0 Å². The molecule has 7 nitrogen and oxygen atoms in total. The van der Waals surface area contributed by atoms with Gasteiger partial charge in [-0.3, -0.25) is 9.59 Å². The first kappa shape index (κ1) is 26.7. The average Bonchev–Trinajstić information content (AvgIpc) is 3.19. The summed E-state index contributed by atoms with van der Waals surface area (Å²) >= 11 is 17.7. The molecule has 1 atom stereocenters. The number of benzene rings is 3. The number of hydrogen-bond donors (Lipinski definition) is 1. The van der Waals surface area contributed by atoms with Gasteiger partial charge in [-0.1, -0.05) is 29.3 Å². The Morgan fingerprint density at radius 1 is 0.973 bits per heavy atom. The van der Waals surface area contributed by atoms with Crippen molar-refractivity contribution < 1.29 is 19.1 Å². The summed E-state index contributed by atoms with van der Waals surface area (Å²) in [4.78, 5) is 29.4. The highest BCUT2D eigenvalue weighted by molar-refractivity contribution is 7.80. The minimum absolute atomic E-state index is 0.00414. The molecule has 1 fully saturated rings. The highest BCUT2D eigenvalue weighted by Crippen LogP contribution is 2.30. The lowest BCUT2D eigenvalue weighted by atomic mass is 10.1. The van der Waals surface area contributed by atoms with Crippen molar-refractivity contribution >= 4 is 63.7 Å². The van der Waals surface area contributed by atoms with Gasteiger partial charge in [0.2, 0.25) is 5.91 Å². The van der Waals surface area contributed by atoms with Crippen molar-refractivity contribution in [2.45, 2.75) is 18.9 Å². The number of hydrogen-bond acceptors (Lipinski definition) is 5. The summed E-state index contributed by atoms with van der Waals surface area (Å²) in [6.45, 7) is 0.382. The van der Waals surface area contributed by atoms with Crippen LogP contribution in [0.1, 0.15) is 12.0 Å². The van der Waals surface area contributed by atoms with Gasteiger partial charge in [0.15, 0.2) is 16.6 Å². The van der Waals surface area contributed by atoms with Crippen LogP contribution >= 0.6 is 35.4 Å². The smallest absolute Gasteiger partial charge is 0.257 e. The number of imide groups is 1. The van der Waals surface area contributed by atoms with Crippen molar-refractivity contribution in [3.05, 3.63) is 82.3 Å². The molecule has 1 aliphatic heterocycles. The zero-order valence-electron chi connectivity index (χ0n) is 20.2. The zero-order valence-corrected chi connectivity index (χ0v) is 22.6. The van der Waals surface area contributed by atoms with Gasteiger partial charge in [0.05, 0.1) is 26.3 Å².